The number of imidazole rings is 1. The normalized spacial score (nSPS) is 18.5. The van der Waals surface area contributed by atoms with Gasteiger partial charge >= 0.3 is 5.97 Å². The van der Waals surface area contributed by atoms with Gasteiger partial charge in [0, 0.05) is 64.9 Å². The fourth-order valence-corrected chi connectivity index (χ4v) is 13.9. The Kier molecular flexibility index (Phi) is 21.4. The van der Waals surface area contributed by atoms with Gasteiger partial charge in [-0.25, -0.2) is 9.78 Å². The van der Waals surface area contributed by atoms with Gasteiger partial charge in [0.2, 0.25) is 5.91 Å². The van der Waals surface area contributed by atoms with Crippen molar-refractivity contribution >= 4 is 68.5 Å². The third-order valence-corrected chi connectivity index (χ3v) is 18.6. The first-order valence-corrected chi connectivity index (χ1v) is 34.2. The van der Waals surface area contributed by atoms with E-state index in [0.29, 0.717) is 85.9 Å². The lowest BCUT2D eigenvalue weighted by Crippen LogP contribution is -2.36. The molecule has 2 saturated heterocycles. The van der Waals surface area contributed by atoms with Crippen LogP contribution in [0.1, 0.15) is 75.0 Å². The van der Waals surface area contributed by atoms with Crippen LogP contribution in [0.2, 0.25) is 5.02 Å². The fraction of sp³-hybridized carbons (Fsp3) is 0.443. The number of aromatic carboxylic acids is 1. The highest BCUT2D eigenvalue weighted by Gasteiger charge is 2.49. The van der Waals surface area contributed by atoms with Gasteiger partial charge in [-0.1, -0.05) is 82.7 Å². The Morgan fingerprint density at radius 1 is 0.753 bits per heavy atom. The fourth-order valence-electron chi connectivity index (χ4n) is 13.2. The molecular weight excluding hydrogens is 1330 g/mol. The predicted molar refractivity (Wildman–Crippen MR) is 357 cm³/mol. The zero-order valence-electron chi connectivity index (χ0n) is 51.8. The summed E-state index contributed by atoms with van der Waals surface area (Å²) in [6.07, 6.45) is 6.00. The second kappa shape index (κ2) is 30.7. The number of aliphatic hydroxyl groups excluding tert-OH is 1. The summed E-state index contributed by atoms with van der Waals surface area (Å²) in [5, 5.41) is 29.5. The van der Waals surface area contributed by atoms with E-state index in [0.717, 1.165) is 136 Å². The lowest BCUT2D eigenvalue weighted by molar-refractivity contribution is -0.126. The van der Waals surface area contributed by atoms with Gasteiger partial charge in [-0.15, -0.1) is 0 Å². The highest BCUT2D eigenvalue weighted by molar-refractivity contribution is 14.1. The number of nitrogens with zero attached hydrogens (tertiary/aromatic N) is 4. The molecule has 13 rings (SSSR count). The topological polar surface area (TPSA) is 248 Å². The van der Waals surface area contributed by atoms with Crippen LogP contribution in [0, 0.1) is 0 Å². The largest absolute Gasteiger partial charge is 0.492 e. The number of amides is 1. The molecule has 6 aliphatic rings. The van der Waals surface area contributed by atoms with Crippen molar-refractivity contribution in [1.82, 2.24) is 25.6 Å². The molecule has 5 aromatic carbocycles. The number of pyridine rings is 1. The number of benzene rings is 5. The Morgan fingerprint density at radius 3 is 2.29 bits per heavy atom. The number of hydrogen-bond donors (Lipinski definition) is 5. The summed E-state index contributed by atoms with van der Waals surface area (Å²) in [6, 6.07) is 28.0. The van der Waals surface area contributed by atoms with Crippen LogP contribution in [-0.2, 0) is 70.2 Å². The smallest absolute Gasteiger partial charge is 0.336 e. The number of carboxylic acids is 1. The minimum absolute atomic E-state index is 0.0916. The zero-order chi connectivity index (χ0) is 63.6. The molecule has 0 unspecified atom stereocenters. The average molecular weight is 1400 g/mol. The number of anilines is 1. The second-order valence-electron chi connectivity index (χ2n) is 23.8. The quantitative estimate of drug-likeness (QED) is 0.0120. The summed E-state index contributed by atoms with van der Waals surface area (Å²) in [7, 11) is 0. The summed E-state index contributed by atoms with van der Waals surface area (Å²) in [6.45, 7) is 7.64. The van der Waals surface area contributed by atoms with E-state index < -0.39 is 24.3 Å². The van der Waals surface area contributed by atoms with E-state index >= 15 is 0 Å². The number of H-pyrrole nitrogens is 1. The number of aromatic nitrogens is 3. The summed E-state index contributed by atoms with van der Waals surface area (Å²) >= 11 is 9.14. The molecule has 2 fully saturated rings. The van der Waals surface area contributed by atoms with E-state index in [-0.39, 0.29) is 70.0 Å². The number of carboxylic acid groups (broad SMARTS) is 1. The number of halogens is 2. The molecule has 6 aliphatic heterocycles. The van der Waals surface area contributed by atoms with Crippen molar-refractivity contribution in [3.63, 3.8) is 0 Å². The number of ether oxygens (including phenoxy) is 10. The van der Waals surface area contributed by atoms with Crippen molar-refractivity contribution in [2.24, 2.45) is 4.99 Å². The molecule has 4 atom stereocenters. The Hall–Kier alpha value is -6.81. The Labute approximate surface area is 557 Å². The standard InChI is InChI=1S/C70H77ClIN7O14/c71-55-36-56-68(78-70(76-56)92-58-39-91-66-57(80)38-90-67(58)66)77-62(55)45-12-10-43(11-13-45)44-14-16-48(17-15-44)89-26-22-74-59(81)40-87-32-31-86-30-29-85-28-27-84-25-21-73-41-88-37-42-9-18-49(52(33-42)69(82)83)60-53-34-46(5-1-19-72)61-50(7-2-20-75-61)64(53)93-65-51-8-4-24-79-23-3-6-47(63(51)79)35-54(60)65/h9-18,33-36,57-58,66-67,73,80H,1-8,19-32,37-41H2,(H,74,81)(H,82,83)(H,76,77,78)/t57-,58-,66-,67-/m0/s1. The zero-order valence-corrected chi connectivity index (χ0v) is 54.7. The van der Waals surface area contributed by atoms with Crippen molar-refractivity contribution in [2.45, 2.75) is 82.4 Å². The maximum atomic E-state index is 13.3. The molecule has 0 spiro atoms. The number of carbonyl (C=O) groups is 2. The van der Waals surface area contributed by atoms with Crippen LogP contribution in [0.3, 0.4) is 0 Å². The number of nitrogens with one attached hydrogen (secondary N) is 3. The van der Waals surface area contributed by atoms with Crippen LogP contribution in [0.15, 0.2) is 89.9 Å². The van der Waals surface area contributed by atoms with E-state index in [1.165, 1.54) is 22.4 Å². The summed E-state index contributed by atoms with van der Waals surface area (Å²) in [4.78, 5) is 45.6. The number of carbonyl (C=O) groups excluding carboxylic acids is 1. The molecule has 7 aromatic rings. The molecule has 0 saturated carbocycles. The maximum Gasteiger partial charge on any atom is 0.336 e. The van der Waals surface area contributed by atoms with E-state index in [1.807, 2.05) is 60.7 Å². The van der Waals surface area contributed by atoms with E-state index in [1.54, 1.807) is 12.1 Å². The van der Waals surface area contributed by atoms with Crippen molar-refractivity contribution in [3.05, 3.63) is 145 Å². The summed E-state index contributed by atoms with van der Waals surface area (Å²) < 4.78 is 59.8. The number of hydrogen-bond acceptors (Lipinski definition) is 18. The number of aromatic amines is 1. The van der Waals surface area contributed by atoms with Gasteiger partial charge in [0.25, 0.3) is 6.01 Å². The minimum atomic E-state index is -0.982. The number of aliphatic hydroxyl groups is 1. The number of fused-ring (bicyclic) bond motifs is 7. The van der Waals surface area contributed by atoms with Gasteiger partial charge in [0.15, 0.2) is 11.8 Å². The Morgan fingerprint density at radius 2 is 1.49 bits per heavy atom. The van der Waals surface area contributed by atoms with E-state index in [2.05, 4.69) is 60.2 Å². The summed E-state index contributed by atoms with van der Waals surface area (Å²) in [5.74, 6) is 1.16. The van der Waals surface area contributed by atoms with Crippen molar-refractivity contribution < 1.29 is 67.2 Å². The molecule has 0 aliphatic carbocycles. The molecule has 0 bridgehead atoms. The third kappa shape index (κ3) is 15.0. The van der Waals surface area contributed by atoms with Crippen LogP contribution in [0.5, 0.6) is 23.3 Å². The lowest BCUT2D eigenvalue weighted by atomic mass is 9.82. The molecule has 8 heterocycles. The first-order valence-electron chi connectivity index (χ1n) is 32.3. The molecule has 0 radical (unpaired) electrons. The SMILES string of the molecule is O=C(COCCOCCOCCOCCNCOCc1ccc(C2=c3cc(CCCI)c4c(c3Oc3c2cc2c5c3CCCN5CCC2)CCCN=4)c(C(=O)O)c1)NCCOc1ccc(-c2ccc(-c3nc4nc(O[C@H]5CO[C@@H]6[C@H]5OC[C@@H]6O)[nH]c4cc3Cl)cc2)cc1. The Bertz CT molecular complexity index is 3950. The highest BCUT2D eigenvalue weighted by atomic mass is 127. The van der Waals surface area contributed by atoms with Crippen LogP contribution in [0.25, 0.3) is 39.1 Å². The first-order chi connectivity index (χ1) is 45.6. The molecule has 5 N–H and O–H groups in total. The van der Waals surface area contributed by atoms with Gasteiger partial charge in [0.1, 0.15) is 48.8 Å². The van der Waals surface area contributed by atoms with E-state index in [4.69, 9.17) is 68.9 Å². The van der Waals surface area contributed by atoms with Crippen LogP contribution in [-0.4, -0.2) is 178 Å². The lowest BCUT2D eigenvalue weighted by Gasteiger charge is -2.39. The van der Waals surface area contributed by atoms with Gasteiger partial charge in [-0.2, -0.15) is 4.98 Å². The summed E-state index contributed by atoms with van der Waals surface area (Å²) in [5.41, 5.74) is 14.4. The molecule has 93 heavy (non-hydrogen) atoms. The van der Waals surface area contributed by atoms with Crippen molar-refractivity contribution in [2.75, 3.05) is 121 Å². The van der Waals surface area contributed by atoms with Crippen molar-refractivity contribution in [1.29, 1.82) is 0 Å². The molecule has 23 heteroatoms. The molecular formula is C70H77ClIN7O14. The average Bonchev–Trinajstić information content (AvgIpc) is 1.42. The molecule has 21 nitrogen and oxygen atoms in total. The highest BCUT2D eigenvalue weighted by Crippen LogP contribution is 2.49. The molecule has 1 amide bonds. The number of rotatable bonds is 31. The van der Waals surface area contributed by atoms with Crippen molar-refractivity contribution in [3.8, 4) is 45.6 Å². The third-order valence-electron chi connectivity index (χ3n) is 17.6. The van der Waals surface area contributed by atoms with Gasteiger partial charge in [-0.05, 0) is 126 Å². The number of aryl methyl sites for hydroxylation is 2. The van der Waals surface area contributed by atoms with Crippen LogP contribution in [0.4, 0.5) is 5.69 Å². The van der Waals surface area contributed by atoms with Crippen LogP contribution < -0.4 is 40.3 Å². The maximum absolute atomic E-state index is 13.3. The van der Waals surface area contributed by atoms with Crippen LogP contribution >= 0.6 is 34.2 Å². The monoisotopic (exact) mass is 1400 g/mol. The minimum Gasteiger partial charge on any atom is -0.492 e. The predicted octanol–water partition coefficient (Wildman–Crippen LogP) is 7.86. The number of alkyl halides is 1. The van der Waals surface area contributed by atoms with Gasteiger partial charge in [0.05, 0.1) is 106 Å². The molecule has 490 valence electrons. The first kappa shape index (κ1) is 64.9. The molecule has 2 aromatic heterocycles. The van der Waals surface area contributed by atoms with Gasteiger partial charge in [-0.3, -0.25) is 15.1 Å². The second-order valence-corrected chi connectivity index (χ2v) is 25.3. The van der Waals surface area contributed by atoms with Gasteiger partial charge < -0.3 is 72.8 Å². The van der Waals surface area contributed by atoms with E-state index in [9.17, 15) is 19.8 Å². The Balaban J connectivity index is 0.478.